The molecule has 0 aliphatic heterocycles. The van der Waals surface area contributed by atoms with Gasteiger partial charge in [-0.15, -0.1) is 0 Å². The smallest absolute Gasteiger partial charge is 0.0450 e. The number of fused-ring (bicyclic) bond motifs is 1. The van der Waals surface area contributed by atoms with E-state index < -0.39 is 0 Å². The SMILES string of the molecule is NC1CCc2cccnc2C1. The van der Waals surface area contributed by atoms with Gasteiger partial charge in [-0.3, -0.25) is 4.98 Å². The highest BCUT2D eigenvalue weighted by atomic mass is 14.7. The largest absolute Gasteiger partial charge is 0.327 e. The summed E-state index contributed by atoms with van der Waals surface area (Å²) in [4.78, 5) is 4.29. The van der Waals surface area contributed by atoms with Crippen LogP contribution in [0.3, 0.4) is 0 Å². The van der Waals surface area contributed by atoms with Crippen LogP contribution in [0.1, 0.15) is 17.7 Å². The maximum atomic E-state index is 5.81. The molecule has 0 radical (unpaired) electrons. The molecule has 2 nitrogen and oxygen atoms in total. The summed E-state index contributed by atoms with van der Waals surface area (Å²) < 4.78 is 0. The number of rotatable bonds is 0. The molecule has 11 heavy (non-hydrogen) atoms. The highest BCUT2D eigenvalue weighted by Crippen LogP contribution is 2.17. The minimum Gasteiger partial charge on any atom is -0.327 e. The quantitative estimate of drug-likeness (QED) is 0.593. The molecule has 0 bridgehead atoms. The second-order valence-electron chi connectivity index (χ2n) is 3.11. The first-order valence-corrected chi connectivity index (χ1v) is 4.04. The molecule has 2 rings (SSSR count). The third-order valence-corrected chi connectivity index (χ3v) is 2.22. The molecule has 1 aliphatic carbocycles. The van der Waals surface area contributed by atoms with Gasteiger partial charge < -0.3 is 5.73 Å². The van der Waals surface area contributed by atoms with Crippen molar-refractivity contribution in [2.75, 3.05) is 0 Å². The molecular formula is C9H12N2. The molecule has 0 aromatic carbocycles. The molecule has 1 atom stereocenters. The van der Waals surface area contributed by atoms with Gasteiger partial charge in [-0.2, -0.15) is 0 Å². The maximum absolute atomic E-state index is 5.81. The zero-order chi connectivity index (χ0) is 7.68. The fourth-order valence-corrected chi connectivity index (χ4v) is 1.57. The zero-order valence-electron chi connectivity index (χ0n) is 6.46. The van der Waals surface area contributed by atoms with Crippen LogP contribution in [0.5, 0.6) is 0 Å². The van der Waals surface area contributed by atoms with Gasteiger partial charge in [0.1, 0.15) is 0 Å². The average Bonchev–Trinajstić information content (AvgIpc) is 2.04. The Labute approximate surface area is 66.4 Å². The molecule has 1 heterocycles. The van der Waals surface area contributed by atoms with E-state index in [9.17, 15) is 0 Å². The molecule has 0 saturated heterocycles. The Morgan fingerprint density at radius 2 is 2.45 bits per heavy atom. The van der Waals surface area contributed by atoms with Crippen LogP contribution >= 0.6 is 0 Å². The first-order valence-electron chi connectivity index (χ1n) is 4.04. The van der Waals surface area contributed by atoms with Crippen LogP contribution in [0.4, 0.5) is 0 Å². The van der Waals surface area contributed by atoms with E-state index in [1.54, 1.807) is 0 Å². The number of pyridine rings is 1. The van der Waals surface area contributed by atoms with Crippen molar-refractivity contribution in [1.29, 1.82) is 0 Å². The lowest BCUT2D eigenvalue weighted by atomic mass is 9.93. The van der Waals surface area contributed by atoms with E-state index in [2.05, 4.69) is 11.1 Å². The van der Waals surface area contributed by atoms with Crippen LogP contribution in [0, 0.1) is 0 Å². The Morgan fingerprint density at radius 1 is 1.55 bits per heavy atom. The number of aromatic nitrogens is 1. The van der Waals surface area contributed by atoms with E-state index in [-0.39, 0.29) is 0 Å². The van der Waals surface area contributed by atoms with Crippen molar-refractivity contribution in [3.8, 4) is 0 Å². The number of hydrogen-bond donors (Lipinski definition) is 1. The minimum absolute atomic E-state index is 0.331. The molecule has 2 heteroatoms. The van der Waals surface area contributed by atoms with Crippen molar-refractivity contribution < 1.29 is 0 Å². The molecule has 0 fully saturated rings. The monoisotopic (exact) mass is 148 g/mol. The van der Waals surface area contributed by atoms with Gasteiger partial charge in [0.15, 0.2) is 0 Å². The summed E-state index contributed by atoms with van der Waals surface area (Å²) >= 11 is 0. The molecule has 1 unspecified atom stereocenters. The summed E-state index contributed by atoms with van der Waals surface area (Å²) in [7, 11) is 0. The Balaban J connectivity index is 2.34. The molecule has 1 aliphatic rings. The predicted octanol–water partition coefficient (Wildman–Crippen LogP) is 0.898. The highest BCUT2D eigenvalue weighted by molar-refractivity contribution is 5.23. The molecule has 0 amide bonds. The van der Waals surface area contributed by atoms with E-state index in [1.807, 2.05) is 12.3 Å². The minimum atomic E-state index is 0.331. The van der Waals surface area contributed by atoms with Gasteiger partial charge >= 0.3 is 0 Å². The second-order valence-corrected chi connectivity index (χ2v) is 3.11. The Kier molecular flexibility index (Phi) is 1.62. The van der Waals surface area contributed by atoms with E-state index >= 15 is 0 Å². The highest BCUT2D eigenvalue weighted by Gasteiger charge is 2.14. The fraction of sp³-hybridized carbons (Fsp3) is 0.444. The van der Waals surface area contributed by atoms with Crippen molar-refractivity contribution in [3.05, 3.63) is 29.6 Å². The summed E-state index contributed by atoms with van der Waals surface area (Å²) in [6.07, 6.45) is 5.01. The van der Waals surface area contributed by atoms with E-state index in [0.29, 0.717) is 6.04 Å². The molecule has 2 N–H and O–H groups in total. The van der Waals surface area contributed by atoms with Crippen molar-refractivity contribution in [3.63, 3.8) is 0 Å². The number of hydrogen-bond acceptors (Lipinski definition) is 2. The van der Waals surface area contributed by atoms with Gasteiger partial charge in [-0.1, -0.05) is 6.07 Å². The Hall–Kier alpha value is -0.890. The van der Waals surface area contributed by atoms with Gasteiger partial charge in [0.2, 0.25) is 0 Å². The number of aryl methyl sites for hydroxylation is 1. The van der Waals surface area contributed by atoms with Crippen molar-refractivity contribution >= 4 is 0 Å². The van der Waals surface area contributed by atoms with Crippen LogP contribution in [-0.4, -0.2) is 11.0 Å². The summed E-state index contributed by atoms with van der Waals surface area (Å²) in [5.74, 6) is 0. The van der Waals surface area contributed by atoms with Crippen LogP contribution < -0.4 is 5.73 Å². The van der Waals surface area contributed by atoms with Gasteiger partial charge in [-0.05, 0) is 24.5 Å². The number of nitrogens with two attached hydrogens (primary N) is 1. The lowest BCUT2D eigenvalue weighted by Crippen LogP contribution is -2.28. The standard InChI is InChI=1S/C9H12N2/c10-8-4-3-7-2-1-5-11-9(7)6-8/h1-2,5,8H,3-4,6,10H2. The van der Waals surface area contributed by atoms with Crippen molar-refractivity contribution in [2.24, 2.45) is 5.73 Å². The van der Waals surface area contributed by atoms with Gasteiger partial charge in [0.25, 0.3) is 0 Å². The maximum Gasteiger partial charge on any atom is 0.0450 e. The predicted molar refractivity (Wildman–Crippen MR) is 44.2 cm³/mol. The van der Waals surface area contributed by atoms with Crippen LogP contribution in [-0.2, 0) is 12.8 Å². The molecule has 1 aromatic rings. The van der Waals surface area contributed by atoms with Crippen molar-refractivity contribution in [2.45, 2.75) is 25.3 Å². The topological polar surface area (TPSA) is 38.9 Å². The molecule has 0 saturated carbocycles. The third kappa shape index (κ3) is 1.26. The summed E-state index contributed by atoms with van der Waals surface area (Å²) in [5, 5.41) is 0. The average molecular weight is 148 g/mol. The number of nitrogens with zero attached hydrogens (tertiary/aromatic N) is 1. The zero-order valence-corrected chi connectivity index (χ0v) is 6.46. The first-order chi connectivity index (χ1) is 5.36. The molecule has 1 aromatic heterocycles. The normalized spacial score (nSPS) is 22.8. The lowest BCUT2D eigenvalue weighted by molar-refractivity contribution is 0.565. The molecule has 58 valence electrons. The van der Waals surface area contributed by atoms with Gasteiger partial charge in [0, 0.05) is 24.4 Å². The fourth-order valence-electron chi connectivity index (χ4n) is 1.57. The van der Waals surface area contributed by atoms with Gasteiger partial charge in [0.05, 0.1) is 0 Å². The second kappa shape index (κ2) is 2.62. The van der Waals surface area contributed by atoms with Crippen LogP contribution in [0.25, 0.3) is 0 Å². The Bertz CT molecular complexity index is 257. The Morgan fingerprint density at radius 3 is 3.36 bits per heavy atom. The molecule has 0 spiro atoms. The summed E-state index contributed by atoms with van der Waals surface area (Å²) in [6.45, 7) is 0. The summed E-state index contributed by atoms with van der Waals surface area (Å²) in [6, 6.07) is 4.47. The van der Waals surface area contributed by atoms with E-state index in [0.717, 1.165) is 19.3 Å². The van der Waals surface area contributed by atoms with Crippen molar-refractivity contribution in [1.82, 2.24) is 4.98 Å². The van der Waals surface area contributed by atoms with Crippen LogP contribution in [0.2, 0.25) is 0 Å². The third-order valence-electron chi connectivity index (χ3n) is 2.22. The van der Waals surface area contributed by atoms with E-state index in [1.165, 1.54) is 11.3 Å². The van der Waals surface area contributed by atoms with Crippen LogP contribution in [0.15, 0.2) is 18.3 Å². The van der Waals surface area contributed by atoms with Gasteiger partial charge in [-0.25, -0.2) is 0 Å². The first kappa shape index (κ1) is 6.80. The lowest BCUT2D eigenvalue weighted by Gasteiger charge is -2.19. The summed E-state index contributed by atoms with van der Waals surface area (Å²) in [5.41, 5.74) is 8.39. The molecular weight excluding hydrogens is 136 g/mol. The van der Waals surface area contributed by atoms with E-state index in [4.69, 9.17) is 5.73 Å².